The van der Waals surface area contributed by atoms with Crippen molar-refractivity contribution in [3.63, 3.8) is 0 Å². The van der Waals surface area contributed by atoms with Crippen molar-refractivity contribution in [1.82, 2.24) is 9.13 Å². The van der Waals surface area contributed by atoms with Crippen molar-refractivity contribution in [1.29, 1.82) is 0 Å². The average molecular weight is 849 g/mol. The highest BCUT2D eigenvalue weighted by molar-refractivity contribution is 7.30. The zero-order valence-electron chi connectivity index (χ0n) is 34.9. The molecule has 0 atom stereocenters. The second kappa shape index (κ2) is 14.7. The lowest BCUT2D eigenvalue weighted by Gasteiger charge is -2.35. The van der Waals surface area contributed by atoms with E-state index in [1.807, 2.05) is 11.3 Å². The first kappa shape index (κ1) is 36.9. The van der Waals surface area contributed by atoms with Crippen LogP contribution in [0.4, 0.5) is 0 Å². The Morgan fingerprint density at radius 1 is 0.297 bits per heavy atom. The van der Waals surface area contributed by atoms with Gasteiger partial charge in [0.25, 0.3) is 0 Å². The number of aromatic nitrogens is 2. The van der Waals surface area contributed by atoms with Crippen LogP contribution in [0.1, 0.15) is 0 Å². The fraction of sp³-hybridized carbons (Fsp3) is 0. The summed E-state index contributed by atoms with van der Waals surface area (Å²) in [6.07, 6.45) is 0. The van der Waals surface area contributed by atoms with Gasteiger partial charge in [0.2, 0.25) is 0 Å². The summed E-state index contributed by atoms with van der Waals surface area (Å²) in [5, 5.41) is 13.2. The van der Waals surface area contributed by atoms with E-state index in [9.17, 15) is 0 Å². The number of thiophene rings is 1. The maximum atomic E-state index is 2.51. The Hall–Kier alpha value is -7.76. The normalized spacial score (nSPS) is 12.1. The van der Waals surface area contributed by atoms with Crippen molar-refractivity contribution in [2.45, 2.75) is 0 Å². The molecule has 0 aliphatic carbocycles. The zero-order chi connectivity index (χ0) is 42.2. The van der Waals surface area contributed by atoms with E-state index >= 15 is 0 Å². The van der Waals surface area contributed by atoms with Crippen molar-refractivity contribution in [2.24, 2.45) is 0 Å². The summed E-state index contributed by atoms with van der Waals surface area (Å²) in [7, 11) is -2.93. The number of rotatable bonds is 7. The Kier molecular flexibility index (Phi) is 8.45. The van der Waals surface area contributed by atoms with Crippen molar-refractivity contribution < 1.29 is 0 Å². The summed E-state index contributed by atoms with van der Waals surface area (Å²) in [6, 6.07) is 90.5. The van der Waals surface area contributed by atoms with Gasteiger partial charge < -0.3 is 9.13 Å². The molecule has 0 aliphatic heterocycles. The van der Waals surface area contributed by atoms with Crippen LogP contribution in [-0.2, 0) is 0 Å². The summed E-state index contributed by atoms with van der Waals surface area (Å²) < 4.78 is 7.58. The standard InChI is InChI=1S/C60H40N2SSi/c1-4-18-43(19-5-1)61-54-30-13-10-26-48(54)52-38-41(34-36-56(52)61)42-35-37-57-53(39-42)49-27-11-14-31-55(49)62(57)44-20-16-25-47(40-44)64(45-21-6-2-7-22-45,46-23-8-3-9-24-46)59-33-17-29-51-50-28-12-15-32-58(50)63-60(51)59/h1-40H. The Morgan fingerprint density at radius 3 is 1.38 bits per heavy atom. The molecule has 13 rings (SSSR count). The second-order valence-electron chi connectivity index (χ2n) is 16.8. The van der Waals surface area contributed by atoms with Crippen LogP contribution in [0.5, 0.6) is 0 Å². The van der Waals surface area contributed by atoms with Crippen LogP contribution in [0.15, 0.2) is 243 Å². The fourth-order valence-electron chi connectivity index (χ4n) is 10.7. The monoisotopic (exact) mass is 848 g/mol. The number of fused-ring (bicyclic) bond motifs is 9. The minimum Gasteiger partial charge on any atom is -0.309 e. The van der Waals surface area contributed by atoms with Gasteiger partial charge in [-0.15, -0.1) is 11.3 Å². The first-order valence-electron chi connectivity index (χ1n) is 22.0. The summed E-state index contributed by atoms with van der Waals surface area (Å²) >= 11 is 1.93. The molecule has 4 heteroatoms. The molecule has 3 heterocycles. The summed E-state index contributed by atoms with van der Waals surface area (Å²) in [5.41, 5.74) is 9.58. The Balaban J connectivity index is 1.02. The predicted molar refractivity (Wildman–Crippen MR) is 277 cm³/mol. The number of nitrogens with zero attached hydrogens (tertiary/aromatic N) is 2. The quantitative estimate of drug-likeness (QED) is 0.112. The summed E-state index contributed by atoms with van der Waals surface area (Å²) in [6.45, 7) is 0. The third kappa shape index (κ3) is 5.50. The average Bonchev–Trinajstić information content (AvgIpc) is 4.03. The molecule has 10 aromatic carbocycles. The van der Waals surface area contributed by atoms with E-state index in [4.69, 9.17) is 0 Å². The van der Waals surface area contributed by atoms with Crippen LogP contribution >= 0.6 is 11.3 Å². The van der Waals surface area contributed by atoms with Crippen LogP contribution < -0.4 is 20.7 Å². The van der Waals surface area contributed by atoms with E-state index in [2.05, 4.69) is 252 Å². The molecular formula is C60H40N2SSi. The molecule has 0 spiro atoms. The fourth-order valence-corrected chi connectivity index (χ4v) is 17.3. The minimum atomic E-state index is -2.93. The first-order valence-corrected chi connectivity index (χ1v) is 24.8. The van der Waals surface area contributed by atoms with E-state index in [1.54, 1.807) is 0 Å². The third-order valence-electron chi connectivity index (χ3n) is 13.5. The lowest BCUT2D eigenvalue weighted by Crippen LogP contribution is -2.74. The molecule has 0 saturated carbocycles. The third-order valence-corrected chi connectivity index (χ3v) is 19.7. The Bertz CT molecular complexity index is 3860. The lowest BCUT2D eigenvalue weighted by atomic mass is 10.0. The number of hydrogen-bond donors (Lipinski definition) is 0. The van der Waals surface area contributed by atoms with Crippen molar-refractivity contribution >= 4 is 104 Å². The maximum absolute atomic E-state index is 2.93. The van der Waals surface area contributed by atoms with Gasteiger partial charge in [0.05, 0.1) is 22.1 Å². The maximum Gasteiger partial charge on any atom is 0.181 e. The Labute approximate surface area is 376 Å². The molecule has 300 valence electrons. The predicted octanol–water partition coefficient (Wildman–Crippen LogP) is 13.3. The highest BCUT2D eigenvalue weighted by atomic mass is 32.1. The molecule has 0 N–H and O–H groups in total. The second-order valence-corrected chi connectivity index (χ2v) is 21.6. The molecule has 0 fully saturated rings. The number of hydrogen-bond acceptors (Lipinski definition) is 1. The van der Waals surface area contributed by atoms with E-state index < -0.39 is 8.07 Å². The highest BCUT2D eigenvalue weighted by Gasteiger charge is 2.43. The molecule has 0 bridgehead atoms. The van der Waals surface area contributed by atoms with E-state index in [0.29, 0.717) is 0 Å². The highest BCUT2D eigenvalue weighted by Crippen LogP contribution is 2.39. The number of benzene rings is 10. The first-order chi connectivity index (χ1) is 31.8. The van der Waals surface area contributed by atoms with E-state index in [-0.39, 0.29) is 0 Å². The summed E-state index contributed by atoms with van der Waals surface area (Å²) in [5.74, 6) is 0. The summed E-state index contributed by atoms with van der Waals surface area (Å²) in [4.78, 5) is 0. The van der Waals surface area contributed by atoms with Gasteiger partial charge in [-0.25, -0.2) is 0 Å². The van der Waals surface area contributed by atoms with Gasteiger partial charge in [-0.05, 0) is 98.6 Å². The smallest absolute Gasteiger partial charge is 0.181 e. The molecule has 2 nitrogen and oxygen atoms in total. The molecular weight excluding hydrogens is 809 g/mol. The van der Waals surface area contributed by atoms with Crippen LogP contribution in [0.25, 0.3) is 86.3 Å². The van der Waals surface area contributed by atoms with Crippen molar-refractivity contribution in [2.75, 3.05) is 0 Å². The molecule has 0 saturated heterocycles. The van der Waals surface area contributed by atoms with Gasteiger partial charge in [0, 0.05) is 53.1 Å². The molecule has 13 aromatic rings. The van der Waals surface area contributed by atoms with Gasteiger partial charge in [-0.2, -0.15) is 0 Å². The van der Waals surface area contributed by atoms with Gasteiger partial charge in [0.1, 0.15) is 0 Å². The van der Waals surface area contributed by atoms with E-state index in [0.717, 1.165) is 0 Å². The van der Waals surface area contributed by atoms with Gasteiger partial charge in [-0.1, -0.05) is 176 Å². The lowest BCUT2D eigenvalue weighted by molar-refractivity contribution is 1.18. The molecule has 0 radical (unpaired) electrons. The molecule has 0 amide bonds. The van der Waals surface area contributed by atoms with Gasteiger partial charge in [-0.3, -0.25) is 0 Å². The van der Waals surface area contributed by atoms with Crippen molar-refractivity contribution in [3.05, 3.63) is 243 Å². The zero-order valence-corrected chi connectivity index (χ0v) is 36.7. The van der Waals surface area contributed by atoms with Crippen LogP contribution in [0, 0.1) is 0 Å². The molecule has 0 aliphatic rings. The largest absolute Gasteiger partial charge is 0.309 e. The number of para-hydroxylation sites is 3. The van der Waals surface area contributed by atoms with Crippen LogP contribution in [0.3, 0.4) is 0 Å². The van der Waals surface area contributed by atoms with Gasteiger partial charge >= 0.3 is 0 Å². The SMILES string of the molecule is c1ccc(-n2c3ccccc3c3cc(-c4ccc5c(c4)c4ccccc4n5-c4cccc([Si](c5ccccc5)(c5ccccc5)c5cccc6c5sc5ccccc56)c4)ccc32)cc1. The molecule has 64 heavy (non-hydrogen) atoms. The molecule has 0 unspecified atom stereocenters. The van der Waals surface area contributed by atoms with E-state index in [1.165, 1.54) is 107 Å². The topological polar surface area (TPSA) is 9.86 Å². The van der Waals surface area contributed by atoms with Crippen LogP contribution in [0.2, 0.25) is 0 Å². The van der Waals surface area contributed by atoms with Crippen LogP contribution in [-0.4, -0.2) is 17.2 Å². The minimum absolute atomic E-state index is 1.17. The Morgan fingerprint density at radius 2 is 0.750 bits per heavy atom. The van der Waals surface area contributed by atoms with Crippen molar-refractivity contribution in [3.8, 4) is 22.5 Å². The molecule has 3 aromatic heterocycles. The van der Waals surface area contributed by atoms with Gasteiger partial charge in [0.15, 0.2) is 8.07 Å².